The van der Waals surface area contributed by atoms with Crippen molar-refractivity contribution in [2.45, 2.75) is 116 Å². The van der Waals surface area contributed by atoms with Gasteiger partial charge in [-0.15, -0.1) is 0 Å². The zero-order valence-electron chi connectivity index (χ0n) is 15.4. The maximum absolute atomic E-state index is 10.9. The van der Waals surface area contributed by atoms with Gasteiger partial charge in [-0.2, -0.15) is 0 Å². The number of unbranched alkanes of at least 4 members (excludes halogenated alkanes) is 8. The van der Waals surface area contributed by atoms with Crippen LogP contribution in [0.1, 0.15) is 104 Å². The Kier molecular flexibility index (Phi) is 11.4. The monoisotopic (exact) mass is 326 g/mol. The van der Waals surface area contributed by atoms with E-state index in [1.807, 2.05) is 6.92 Å². The lowest BCUT2D eigenvalue weighted by Crippen LogP contribution is -2.12. The first kappa shape index (κ1) is 20.5. The van der Waals surface area contributed by atoms with Crippen molar-refractivity contribution >= 4 is 5.97 Å². The highest BCUT2D eigenvalue weighted by molar-refractivity contribution is 5.69. The van der Waals surface area contributed by atoms with Crippen LogP contribution in [0, 0.1) is 5.92 Å². The summed E-state index contributed by atoms with van der Waals surface area (Å²) in [6.45, 7) is 4.23. The highest BCUT2D eigenvalue weighted by Gasteiger charge is 2.36. The number of hydrogen-bond acceptors (Lipinski definition) is 2. The van der Waals surface area contributed by atoms with Gasteiger partial charge < -0.3 is 9.84 Å². The van der Waals surface area contributed by atoms with E-state index in [9.17, 15) is 4.79 Å². The topological polar surface area (TPSA) is 49.8 Å². The summed E-state index contributed by atoms with van der Waals surface area (Å²) in [6.07, 6.45) is 18.0. The van der Waals surface area contributed by atoms with E-state index in [2.05, 4.69) is 6.92 Å². The molecule has 3 heteroatoms. The number of carboxylic acid groups (broad SMARTS) is 1. The summed E-state index contributed by atoms with van der Waals surface area (Å²) >= 11 is 0. The number of rotatable bonds is 16. The smallest absolute Gasteiger partial charge is 0.306 e. The van der Waals surface area contributed by atoms with Crippen molar-refractivity contribution in [3.8, 4) is 0 Å². The Morgan fingerprint density at radius 2 is 1.39 bits per heavy atom. The van der Waals surface area contributed by atoms with Crippen molar-refractivity contribution in [3.63, 3.8) is 0 Å². The van der Waals surface area contributed by atoms with Gasteiger partial charge in [0.05, 0.1) is 18.1 Å². The van der Waals surface area contributed by atoms with Crippen molar-refractivity contribution in [2.24, 2.45) is 5.92 Å². The van der Waals surface area contributed by atoms with Gasteiger partial charge in [-0.25, -0.2) is 0 Å². The first-order valence-electron chi connectivity index (χ1n) is 10.1. The van der Waals surface area contributed by atoms with Gasteiger partial charge in [0, 0.05) is 0 Å². The van der Waals surface area contributed by atoms with Crippen LogP contribution in [0.25, 0.3) is 0 Å². The van der Waals surface area contributed by atoms with Gasteiger partial charge in [0.25, 0.3) is 0 Å². The highest BCUT2D eigenvalue weighted by Crippen LogP contribution is 2.32. The normalized spacial score (nSPS) is 21.3. The van der Waals surface area contributed by atoms with Crippen molar-refractivity contribution in [1.29, 1.82) is 0 Å². The van der Waals surface area contributed by atoms with Crippen molar-refractivity contribution < 1.29 is 14.6 Å². The third kappa shape index (κ3) is 10.0. The van der Waals surface area contributed by atoms with Crippen LogP contribution in [0.4, 0.5) is 0 Å². The second-order valence-corrected chi connectivity index (χ2v) is 7.20. The van der Waals surface area contributed by atoms with E-state index in [4.69, 9.17) is 9.84 Å². The molecule has 0 aliphatic carbocycles. The van der Waals surface area contributed by atoms with Crippen LogP contribution < -0.4 is 0 Å². The Hall–Kier alpha value is -0.570. The van der Waals surface area contributed by atoms with E-state index in [0.29, 0.717) is 12.2 Å². The fourth-order valence-corrected chi connectivity index (χ4v) is 3.40. The van der Waals surface area contributed by atoms with Gasteiger partial charge in [0.1, 0.15) is 0 Å². The van der Waals surface area contributed by atoms with E-state index in [0.717, 1.165) is 19.3 Å². The fraction of sp³-hybridized carbons (Fsp3) is 0.950. The lowest BCUT2D eigenvalue weighted by Gasteiger charge is -2.08. The minimum Gasteiger partial charge on any atom is -0.481 e. The SMILES string of the molecule is CCCCCCCC[C@H]1O[C@H]1CCCCCCC(CC)C(=O)O. The first-order valence-corrected chi connectivity index (χ1v) is 10.1. The Balaban J connectivity index is 1.84. The van der Waals surface area contributed by atoms with Crippen LogP contribution in [0.5, 0.6) is 0 Å². The summed E-state index contributed by atoms with van der Waals surface area (Å²) in [6, 6.07) is 0. The van der Waals surface area contributed by atoms with Crippen LogP contribution in [-0.4, -0.2) is 23.3 Å². The molecule has 0 aromatic carbocycles. The molecule has 23 heavy (non-hydrogen) atoms. The number of aliphatic carboxylic acids is 1. The van der Waals surface area contributed by atoms with Crippen LogP contribution >= 0.6 is 0 Å². The summed E-state index contributed by atoms with van der Waals surface area (Å²) in [4.78, 5) is 10.9. The minimum absolute atomic E-state index is 0.136. The second kappa shape index (κ2) is 12.8. The predicted octanol–water partition coefficient (Wildman–Crippen LogP) is 5.96. The Bertz CT molecular complexity index is 303. The molecule has 1 unspecified atom stereocenters. The number of carbonyl (C=O) groups is 1. The molecule has 1 N–H and O–H groups in total. The zero-order valence-corrected chi connectivity index (χ0v) is 15.4. The van der Waals surface area contributed by atoms with Gasteiger partial charge in [0.15, 0.2) is 0 Å². The molecule has 0 radical (unpaired) electrons. The summed E-state index contributed by atoms with van der Waals surface area (Å²) in [5.74, 6) is -0.764. The summed E-state index contributed by atoms with van der Waals surface area (Å²) in [5, 5.41) is 9.00. The third-order valence-electron chi connectivity index (χ3n) is 5.16. The number of epoxide rings is 1. The lowest BCUT2D eigenvalue weighted by atomic mass is 9.98. The van der Waals surface area contributed by atoms with E-state index < -0.39 is 5.97 Å². The van der Waals surface area contributed by atoms with E-state index in [1.165, 1.54) is 70.6 Å². The molecule has 0 aromatic heterocycles. The fourth-order valence-electron chi connectivity index (χ4n) is 3.40. The summed E-state index contributed by atoms with van der Waals surface area (Å²) < 4.78 is 5.76. The molecular weight excluding hydrogens is 288 g/mol. The highest BCUT2D eigenvalue weighted by atomic mass is 16.6. The van der Waals surface area contributed by atoms with E-state index in [1.54, 1.807) is 0 Å². The maximum Gasteiger partial charge on any atom is 0.306 e. The molecule has 136 valence electrons. The van der Waals surface area contributed by atoms with Crippen molar-refractivity contribution in [3.05, 3.63) is 0 Å². The Morgan fingerprint density at radius 1 is 0.870 bits per heavy atom. The average molecular weight is 327 g/mol. The Morgan fingerprint density at radius 3 is 1.91 bits per heavy atom. The number of carboxylic acids is 1. The van der Waals surface area contributed by atoms with Crippen molar-refractivity contribution in [1.82, 2.24) is 0 Å². The molecule has 3 atom stereocenters. The molecule has 0 aromatic rings. The largest absolute Gasteiger partial charge is 0.481 e. The van der Waals surface area contributed by atoms with Crippen LogP contribution in [0.15, 0.2) is 0 Å². The van der Waals surface area contributed by atoms with Gasteiger partial charge >= 0.3 is 5.97 Å². The van der Waals surface area contributed by atoms with Crippen molar-refractivity contribution in [2.75, 3.05) is 0 Å². The standard InChI is InChI=1S/C20H38O3/c1-3-5-6-7-8-12-15-18-19(23-18)16-13-10-9-11-14-17(4-2)20(21)22/h17-19H,3-16H2,1-2H3,(H,21,22)/t17?,18-,19+/m1/s1. The second-order valence-electron chi connectivity index (χ2n) is 7.20. The molecule has 1 rings (SSSR count). The molecule has 0 amide bonds. The molecule has 1 fully saturated rings. The molecule has 0 bridgehead atoms. The molecular formula is C20H38O3. The van der Waals surface area contributed by atoms with Crippen LogP contribution in [0.2, 0.25) is 0 Å². The maximum atomic E-state index is 10.9. The van der Waals surface area contributed by atoms with Crippen LogP contribution in [0.3, 0.4) is 0 Å². The lowest BCUT2D eigenvalue weighted by molar-refractivity contribution is -0.142. The van der Waals surface area contributed by atoms with Gasteiger partial charge in [-0.3, -0.25) is 4.79 Å². The van der Waals surface area contributed by atoms with Gasteiger partial charge in [0.2, 0.25) is 0 Å². The molecule has 0 spiro atoms. The number of hydrogen-bond donors (Lipinski definition) is 1. The third-order valence-corrected chi connectivity index (χ3v) is 5.16. The molecule has 1 aliphatic rings. The molecule has 3 nitrogen and oxygen atoms in total. The van der Waals surface area contributed by atoms with Gasteiger partial charge in [-0.05, 0) is 25.7 Å². The zero-order chi connectivity index (χ0) is 16.9. The molecule has 1 aliphatic heterocycles. The predicted molar refractivity (Wildman–Crippen MR) is 95.8 cm³/mol. The average Bonchev–Trinajstić information content (AvgIpc) is 3.28. The summed E-state index contributed by atoms with van der Waals surface area (Å²) in [7, 11) is 0. The van der Waals surface area contributed by atoms with E-state index in [-0.39, 0.29) is 5.92 Å². The summed E-state index contributed by atoms with van der Waals surface area (Å²) in [5.41, 5.74) is 0. The van der Waals surface area contributed by atoms with E-state index >= 15 is 0 Å². The molecule has 1 saturated heterocycles. The Labute approximate surface area is 143 Å². The molecule has 0 saturated carbocycles. The van der Waals surface area contributed by atoms with Crippen LogP contribution in [-0.2, 0) is 9.53 Å². The van der Waals surface area contributed by atoms with Gasteiger partial charge in [-0.1, -0.05) is 78.1 Å². The molecule has 1 heterocycles. The minimum atomic E-state index is -0.628. The quantitative estimate of drug-likeness (QED) is 0.281. The number of ether oxygens (including phenoxy) is 1. The first-order chi connectivity index (χ1) is 11.2.